The third-order valence-corrected chi connectivity index (χ3v) is 4.50. The van der Waals surface area contributed by atoms with Crippen LogP contribution in [-0.4, -0.2) is 80.1 Å². The first kappa shape index (κ1) is 27.2. The molecule has 0 saturated carbocycles. The number of hydrogen-bond donors (Lipinski definition) is 5. The molecule has 1 saturated heterocycles. The summed E-state index contributed by atoms with van der Waals surface area (Å²) >= 11 is 0. The Morgan fingerprint density at radius 2 is 1.94 bits per heavy atom. The molecule has 166 valence electrons. The van der Waals surface area contributed by atoms with Gasteiger partial charge in [-0.05, 0) is 12.1 Å². The van der Waals surface area contributed by atoms with Crippen LogP contribution in [0.5, 0.6) is 5.75 Å². The van der Waals surface area contributed by atoms with E-state index in [0.29, 0.717) is 0 Å². The molecule has 0 spiro atoms. The van der Waals surface area contributed by atoms with Gasteiger partial charge in [0, 0.05) is 25.5 Å². The molecule has 14 heteroatoms. The number of rotatable bonds is 8. The van der Waals surface area contributed by atoms with Crippen LogP contribution in [0.3, 0.4) is 0 Å². The minimum Gasteiger partial charge on any atom is -0.543 e. The van der Waals surface area contributed by atoms with E-state index < -0.39 is 66.1 Å². The Balaban J connectivity index is 0.00000480. The van der Waals surface area contributed by atoms with Crippen LogP contribution in [0.1, 0.15) is 13.3 Å². The number of aliphatic hydroxyl groups is 4. The van der Waals surface area contributed by atoms with Gasteiger partial charge in [-0.15, -0.1) is 0 Å². The second-order valence-corrected chi connectivity index (χ2v) is 6.71. The smallest absolute Gasteiger partial charge is 0.543 e. The van der Waals surface area contributed by atoms with Crippen molar-refractivity contribution < 1.29 is 79.1 Å². The number of nitrogens with one attached hydrogen (secondary N) is 1. The zero-order valence-electron chi connectivity index (χ0n) is 16.7. The van der Waals surface area contributed by atoms with Crippen LogP contribution in [-0.2, 0) is 14.3 Å². The number of nitro groups is 1. The fourth-order valence-electron chi connectivity index (χ4n) is 3.05. The minimum absolute atomic E-state index is 0. The Bertz CT molecular complexity index is 793. The Labute approximate surface area is 198 Å². The van der Waals surface area contributed by atoms with Crippen LogP contribution in [0.25, 0.3) is 0 Å². The summed E-state index contributed by atoms with van der Waals surface area (Å²) in [5.74, 6) is -5.45. The van der Waals surface area contributed by atoms with E-state index in [1.54, 1.807) is 0 Å². The van der Waals surface area contributed by atoms with Gasteiger partial charge in [-0.1, -0.05) is 0 Å². The molecule has 13 nitrogen and oxygen atoms in total. The van der Waals surface area contributed by atoms with Gasteiger partial charge in [-0.25, -0.2) is 0 Å². The number of carboxylic acids is 1. The van der Waals surface area contributed by atoms with Crippen molar-refractivity contribution in [1.29, 1.82) is 0 Å². The van der Waals surface area contributed by atoms with Crippen LogP contribution in [0.15, 0.2) is 24.3 Å². The number of hydrogen-bond acceptors (Lipinski definition) is 11. The van der Waals surface area contributed by atoms with Gasteiger partial charge in [0.05, 0.1) is 23.7 Å². The van der Waals surface area contributed by atoms with Gasteiger partial charge in [-0.2, -0.15) is 0 Å². The fourth-order valence-corrected chi connectivity index (χ4v) is 3.05. The van der Waals surface area contributed by atoms with Crippen molar-refractivity contribution >= 4 is 17.6 Å². The van der Waals surface area contributed by atoms with Gasteiger partial charge in [-0.3, -0.25) is 14.9 Å². The number of nitrogens with zero attached hydrogens (tertiary/aromatic N) is 1. The van der Waals surface area contributed by atoms with Gasteiger partial charge >= 0.3 is 29.6 Å². The number of carboxylic acid groups (broad SMARTS) is 1. The van der Waals surface area contributed by atoms with Crippen LogP contribution in [0, 0.1) is 10.1 Å². The molecular weight excluding hydrogens is 431 g/mol. The average Bonchev–Trinajstić information content (AvgIpc) is 2.68. The zero-order chi connectivity index (χ0) is 22.6. The first-order valence-electron chi connectivity index (χ1n) is 8.75. The number of ether oxygens (including phenoxy) is 2. The fraction of sp³-hybridized carbons (Fsp3) is 0.529. The van der Waals surface area contributed by atoms with E-state index in [1.165, 1.54) is 0 Å². The molecule has 6 unspecified atom stereocenters. The van der Waals surface area contributed by atoms with Crippen molar-refractivity contribution in [3.8, 4) is 5.75 Å². The van der Waals surface area contributed by atoms with Gasteiger partial charge in [0.25, 0.3) is 11.5 Å². The van der Waals surface area contributed by atoms with Gasteiger partial charge in [0.2, 0.25) is 5.91 Å². The van der Waals surface area contributed by atoms with Gasteiger partial charge in [0.15, 0.2) is 0 Å². The summed E-state index contributed by atoms with van der Waals surface area (Å²) in [7, 11) is 0. The van der Waals surface area contributed by atoms with E-state index in [2.05, 4.69) is 5.32 Å². The minimum atomic E-state index is -2.68. The maximum absolute atomic E-state index is 11.9. The Kier molecular flexibility index (Phi) is 9.78. The maximum atomic E-state index is 11.9. The van der Waals surface area contributed by atoms with Crippen LogP contribution in [0.4, 0.5) is 5.69 Å². The summed E-state index contributed by atoms with van der Waals surface area (Å²) in [4.78, 5) is 33.4. The molecular formula is C17H21N2NaO11. The van der Waals surface area contributed by atoms with Gasteiger partial charge < -0.3 is 45.1 Å². The van der Waals surface area contributed by atoms with Crippen molar-refractivity contribution in [2.45, 2.75) is 49.6 Å². The van der Waals surface area contributed by atoms with E-state index >= 15 is 0 Å². The second-order valence-electron chi connectivity index (χ2n) is 6.71. The first-order valence-corrected chi connectivity index (χ1v) is 8.75. The summed E-state index contributed by atoms with van der Waals surface area (Å²) in [6.45, 7) is 0.179. The van der Waals surface area contributed by atoms with Gasteiger partial charge in [0.1, 0.15) is 30.0 Å². The summed E-state index contributed by atoms with van der Waals surface area (Å²) in [6.07, 6.45) is -7.84. The second kappa shape index (κ2) is 11.2. The molecule has 5 N–H and O–H groups in total. The third-order valence-electron chi connectivity index (χ3n) is 4.50. The maximum Gasteiger partial charge on any atom is 1.00 e. The Morgan fingerprint density at radius 1 is 1.35 bits per heavy atom. The molecule has 31 heavy (non-hydrogen) atoms. The first-order chi connectivity index (χ1) is 14.0. The molecule has 1 fully saturated rings. The molecule has 6 atom stereocenters. The van der Waals surface area contributed by atoms with Crippen molar-refractivity contribution in [2.75, 3.05) is 6.61 Å². The van der Waals surface area contributed by atoms with Crippen molar-refractivity contribution in [2.24, 2.45) is 0 Å². The van der Waals surface area contributed by atoms with Crippen molar-refractivity contribution in [3.05, 3.63) is 34.4 Å². The normalized spacial score (nSPS) is 27.3. The zero-order valence-corrected chi connectivity index (χ0v) is 18.7. The molecule has 0 bridgehead atoms. The molecule has 1 aromatic carbocycles. The molecule has 1 heterocycles. The van der Waals surface area contributed by atoms with Crippen LogP contribution in [0.2, 0.25) is 0 Å². The largest absolute Gasteiger partial charge is 1.00 e. The van der Waals surface area contributed by atoms with E-state index in [4.69, 9.17) is 14.6 Å². The molecule has 0 aliphatic carbocycles. The summed E-state index contributed by atoms with van der Waals surface area (Å²) in [5, 5.41) is 64.5. The Morgan fingerprint density at radius 3 is 2.39 bits per heavy atom. The third kappa shape index (κ3) is 6.33. The quantitative estimate of drug-likeness (QED) is 0.142. The van der Waals surface area contributed by atoms with Crippen LogP contribution >= 0.6 is 0 Å². The summed E-state index contributed by atoms with van der Waals surface area (Å²) < 4.78 is 10.7. The molecule has 0 radical (unpaired) electrons. The monoisotopic (exact) mass is 452 g/mol. The number of non-ortho nitro benzene ring substituents is 1. The molecule has 1 amide bonds. The number of benzene rings is 1. The Hall–Kier alpha value is -1.84. The number of nitro benzene ring substituents is 1. The topological polar surface area (TPSA) is 212 Å². The molecule has 1 aliphatic rings. The summed E-state index contributed by atoms with van der Waals surface area (Å²) in [6, 6.07) is 2.91. The van der Waals surface area contributed by atoms with E-state index in [1.807, 2.05) is 0 Å². The standard InChI is InChI=1S/C17H22N2O11.Na/c1-8(21)18-13-11(22)6-17(16(25)26,30-15(13)14(24)12(23)7-20)29-10-4-2-9(3-5-10)19(27)28;/h2-5,11-15,20,22-24H,6-7H2,1H3,(H,18,21)(H,25,26);/q;+1/p-1. The molecule has 1 aromatic rings. The predicted octanol–water partition coefficient (Wildman–Crippen LogP) is -6.21. The van der Waals surface area contributed by atoms with E-state index in [0.717, 1.165) is 31.2 Å². The number of carbonyl (C=O) groups is 2. The number of aliphatic carboxylic acids is 1. The molecule has 0 aromatic heterocycles. The number of carbonyl (C=O) groups excluding carboxylic acids is 2. The SMILES string of the molecule is CC(=O)NC1C(O)CC(Oc2ccc([N+](=O)[O-])cc2)(C(=O)[O-])OC1C(O)C(O)CO.[Na+]. The van der Waals surface area contributed by atoms with Crippen molar-refractivity contribution in [1.82, 2.24) is 5.32 Å². The number of aliphatic hydroxyl groups excluding tert-OH is 4. The average molecular weight is 452 g/mol. The number of amides is 1. The van der Waals surface area contributed by atoms with Crippen molar-refractivity contribution in [3.63, 3.8) is 0 Å². The summed E-state index contributed by atoms with van der Waals surface area (Å²) in [5.41, 5.74) is -0.292. The van der Waals surface area contributed by atoms with E-state index in [-0.39, 0.29) is 41.0 Å². The molecule has 2 rings (SSSR count). The predicted molar refractivity (Wildman–Crippen MR) is 93.7 cm³/mol. The molecule has 1 aliphatic heterocycles. The van der Waals surface area contributed by atoms with Crippen LogP contribution < -0.4 is 44.7 Å². The van der Waals surface area contributed by atoms with E-state index in [9.17, 15) is 40.1 Å².